The van der Waals surface area contributed by atoms with Crippen molar-refractivity contribution in [2.24, 2.45) is 5.84 Å². The van der Waals surface area contributed by atoms with E-state index in [-0.39, 0.29) is 12.5 Å². The Kier molecular flexibility index (Phi) is 3.90. The zero-order chi connectivity index (χ0) is 12.3. The summed E-state index contributed by atoms with van der Waals surface area (Å²) < 4.78 is 5.42. The molecule has 4 nitrogen and oxygen atoms in total. The number of ether oxygens (including phenoxy) is 1. The predicted molar refractivity (Wildman–Crippen MR) is 63.1 cm³/mol. The van der Waals surface area contributed by atoms with Crippen LogP contribution in [0.25, 0.3) is 0 Å². The first-order chi connectivity index (χ1) is 7.41. The summed E-state index contributed by atoms with van der Waals surface area (Å²) in [6, 6.07) is 3.98. The van der Waals surface area contributed by atoms with Crippen molar-refractivity contribution in [3.8, 4) is 5.75 Å². The zero-order valence-electron chi connectivity index (χ0n) is 10.2. The number of nitrogens with two attached hydrogens (primary N) is 1. The number of rotatable bonds is 3. The van der Waals surface area contributed by atoms with Gasteiger partial charge in [-0.3, -0.25) is 9.80 Å². The maximum absolute atomic E-state index is 11.3. The Balaban J connectivity index is 2.75. The number of aryl methyl sites for hydroxylation is 3. The standard InChI is InChI=1S/C12H18N2O2/c1-8-5-10(3)11(6-9(8)2)16-7-12(15)14(4)13/h5-6H,7,13H2,1-4H3. The van der Waals surface area contributed by atoms with Crippen LogP contribution in [0.15, 0.2) is 12.1 Å². The summed E-state index contributed by atoms with van der Waals surface area (Å²) in [5.74, 6) is 5.78. The van der Waals surface area contributed by atoms with Crippen molar-refractivity contribution < 1.29 is 9.53 Å². The molecule has 0 heterocycles. The minimum absolute atomic E-state index is 0.0314. The van der Waals surface area contributed by atoms with E-state index in [1.54, 1.807) is 0 Å². The highest BCUT2D eigenvalue weighted by Gasteiger charge is 2.08. The van der Waals surface area contributed by atoms with E-state index in [9.17, 15) is 4.79 Å². The normalized spacial score (nSPS) is 10.1. The molecular weight excluding hydrogens is 204 g/mol. The van der Waals surface area contributed by atoms with E-state index in [1.165, 1.54) is 12.6 Å². The van der Waals surface area contributed by atoms with E-state index in [2.05, 4.69) is 0 Å². The molecular formula is C12H18N2O2. The molecule has 0 saturated heterocycles. The number of amides is 1. The highest BCUT2D eigenvalue weighted by atomic mass is 16.5. The second-order valence-electron chi connectivity index (χ2n) is 4.00. The van der Waals surface area contributed by atoms with Gasteiger partial charge in [-0.15, -0.1) is 0 Å². The molecule has 1 aromatic carbocycles. The Bertz CT molecular complexity index is 400. The fourth-order valence-electron chi connectivity index (χ4n) is 1.33. The molecule has 0 fully saturated rings. The highest BCUT2D eigenvalue weighted by Crippen LogP contribution is 2.22. The number of likely N-dealkylation sites (N-methyl/N-ethyl adjacent to an activating group) is 1. The van der Waals surface area contributed by atoms with Crippen LogP contribution in [0.4, 0.5) is 0 Å². The Morgan fingerprint density at radius 3 is 2.38 bits per heavy atom. The fraction of sp³-hybridized carbons (Fsp3) is 0.417. The quantitative estimate of drug-likeness (QED) is 0.477. The monoisotopic (exact) mass is 222 g/mol. The number of hydrogen-bond donors (Lipinski definition) is 1. The molecule has 0 aliphatic heterocycles. The Labute approximate surface area is 96.0 Å². The lowest BCUT2D eigenvalue weighted by Crippen LogP contribution is -2.36. The van der Waals surface area contributed by atoms with Gasteiger partial charge in [0.25, 0.3) is 5.91 Å². The van der Waals surface area contributed by atoms with Gasteiger partial charge < -0.3 is 4.74 Å². The van der Waals surface area contributed by atoms with Gasteiger partial charge in [-0.1, -0.05) is 6.07 Å². The van der Waals surface area contributed by atoms with Crippen molar-refractivity contribution in [3.05, 3.63) is 28.8 Å². The molecule has 0 aromatic heterocycles. The Morgan fingerprint density at radius 1 is 1.25 bits per heavy atom. The van der Waals surface area contributed by atoms with Crippen molar-refractivity contribution >= 4 is 5.91 Å². The molecule has 88 valence electrons. The van der Waals surface area contributed by atoms with Crippen LogP contribution in [0.1, 0.15) is 16.7 Å². The largest absolute Gasteiger partial charge is 0.483 e. The average molecular weight is 222 g/mol. The van der Waals surface area contributed by atoms with Gasteiger partial charge in [0.05, 0.1) is 0 Å². The van der Waals surface area contributed by atoms with Crippen LogP contribution in [-0.4, -0.2) is 24.6 Å². The van der Waals surface area contributed by atoms with E-state index < -0.39 is 0 Å². The summed E-state index contributed by atoms with van der Waals surface area (Å²) in [4.78, 5) is 11.3. The molecule has 16 heavy (non-hydrogen) atoms. The maximum Gasteiger partial charge on any atom is 0.274 e. The summed E-state index contributed by atoms with van der Waals surface area (Å²) in [6.07, 6.45) is 0. The smallest absolute Gasteiger partial charge is 0.274 e. The van der Waals surface area contributed by atoms with Gasteiger partial charge in [-0.05, 0) is 43.5 Å². The second-order valence-corrected chi connectivity index (χ2v) is 4.00. The molecule has 1 aromatic rings. The SMILES string of the molecule is Cc1cc(C)c(OCC(=O)N(C)N)cc1C. The van der Waals surface area contributed by atoms with Crippen LogP contribution >= 0.6 is 0 Å². The molecule has 0 atom stereocenters. The maximum atomic E-state index is 11.3. The molecule has 1 rings (SSSR count). The highest BCUT2D eigenvalue weighted by molar-refractivity contribution is 5.76. The van der Waals surface area contributed by atoms with Gasteiger partial charge in [0.15, 0.2) is 6.61 Å². The van der Waals surface area contributed by atoms with Crippen LogP contribution in [-0.2, 0) is 4.79 Å². The number of carbonyl (C=O) groups excluding carboxylic acids is 1. The van der Waals surface area contributed by atoms with Crippen LogP contribution in [0.5, 0.6) is 5.75 Å². The minimum atomic E-state index is -0.252. The topological polar surface area (TPSA) is 55.6 Å². The first kappa shape index (κ1) is 12.5. The fourth-order valence-corrected chi connectivity index (χ4v) is 1.33. The van der Waals surface area contributed by atoms with E-state index >= 15 is 0 Å². The molecule has 1 amide bonds. The summed E-state index contributed by atoms with van der Waals surface area (Å²) in [6.45, 7) is 5.98. The number of benzene rings is 1. The van der Waals surface area contributed by atoms with Gasteiger partial charge in [0.2, 0.25) is 0 Å². The first-order valence-corrected chi connectivity index (χ1v) is 5.13. The summed E-state index contributed by atoms with van der Waals surface area (Å²) in [7, 11) is 1.50. The second kappa shape index (κ2) is 4.99. The molecule has 0 bridgehead atoms. The van der Waals surface area contributed by atoms with Crippen LogP contribution in [0, 0.1) is 20.8 Å². The van der Waals surface area contributed by atoms with Crippen molar-refractivity contribution in [3.63, 3.8) is 0 Å². The molecule has 2 N–H and O–H groups in total. The first-order valence-electron chi connectivity index (χ1n) is 5.13. The molecule has 0 spiro atoms. The average Bonchev–Trinajstić information content (AvgIpc) is 2.20. The number of hydrazine groups is 1. The van der Waals surface area contributed by atoms with Crippen LogP contribution < -0.4 is 10.6 Å². The molecule has 0 aliphatic rings. The van der Waals surface area contributed by atoms with Crippen molar-refractivity contribution in [1.29, 1.82) is 0 Å². The van der Waals surface area contributed by atoms with Gasteiger partial charge in [-0.25, -0.2) is 5.84 Å². The summed E-state index contributed by atoms with van der Waals surface area (Å²) in [5.41, 5.74) is 3.39. The lowest BCUT2D eigenvalue weighted by Gasteiger charge is -2.13. The van der Waals surface area contributed by atoms with E-state index in [1.807, 2.05) is 32.9 Å². The molecule has 0 unspecified atom stereocenters. The van der Waals surface area contributed by atoms with Crippen molar-refractivity contribution in [1.82, 2.24) is 5.01 Å². The lowest BCUT2D eigenvalue weighted by atomic mass is 10.1. The van der Waals surface area contributed by atoms with E-state index in [0.717, 1.165) is 21.9 Å². The number of carbonyl (C=O) groups is 1. The Hall–Kier alpha value is -1.55. The van der Waals surface area contributed by atoms with E-state index in [4.69, 9.17) is 10.6 Å². The lowest BCUT2D eigenvalue weighted by molar-refractivity contribution is -0.132. The van der Waals surface area contributed by atoms with Gasteiger partial charge >= 0.3 is 0 Å². The predicted octanol–water partition coefficient (Wildman–Crippen LogP) is 1.32. The Morgan fingerprint density at radius 2 is 1.81 bits per heavy atom. The number of nitrogens with zero attached hydrogens (tertiary/aromatic N) is 1. The van der Waals surface area contributed by atoms with Crippen molar-refractivity contribution in [2.75, 3.05) is 13.7 Å². The summed E-state index contributed by atoms with van der Waals surface area (Å²) in [5, 5.41) is 1.02. The van der Waals surface area contributed by atoms with E-state index in [0.29, 0.717) is 0 Å². The van der Waals surface area contributed by atoms with Crippen molar-refractivity contribution in [2.45, 2.75) is 20.8 Å². The molecule has 4 heteroatoms. The number of hydrogen-bond acceptors (Lipinski definition) is 3. The molecule has 0 radical (unpaired) electrons. The van der Waals surface area contributed by atoms with Gasteiger partial charge in [-0.2, -0.15) is 0 Å². The summed E-state index contributed by atoms with van der Waals surface area (Å²) >= 11 is 0. The third kappa shape index (κ3) is 2.97. The molecule has 0 aliphatic carbocycles. The third-order valence-electron chi connectivity index (χ3n) is 2.54. The van der Waals surface area contributed by atoms with Gasteiger partial charge in [0.1, 0.15) is 5.75 Å². The molecule has 0 saturated carbocycles. The van der Waals surface area contributed by atoms with Gasteiger partial charge in [0, 0.05) is 7.05 Å². The third-order valence-corrected chi connectivity index (χ3v) is 2.54. The van der Waals surface area contributed by atoms with Crippen LogP contribution in [0.2, 0.25) is 0 Å². The zero-order valence-corrected chi connectivity index (χ0v) is 10.2. The minimum Gasteiger partial charge on any atom is -0.483 e. The van der Waals surface area contributed by atoms with Crippen LogP contribution in [0.3, 0.4) is 0 Å².